The highest BCUT2D eigenvalue weighted by Gasteiger charge is 2.31. The maximum absolute atomic E-state index is 13.2. The zero-order chi connectivity index (χ0) is 23.2. The maximum Gasteiger partial charge on any atom is 0.416 e. The van der Waals surface area contributed by atoms with Gasteiger partial charge in [0.1, 0.15) is 30.6 Å². The predicted octanol–water partition coefficient (Wildman–Crippen LogP) is 4.31. The largest absolute Gasteiger partial charge is 0.489 e. The first-order valence-corrected chi connectivity index (χ1v) is 11.6. The van der Waals surface area contributed by atoms with E-state index in [0.717, 1.165) is 41.8 Å². The average Bonchev–Trinajstić information content (AvgIpc) is 3.29. The molecular formula is C23H23F3N2O4S. The van der Waals surface area contributed by atoms with Crippen LogP contribution in [0.2, 0.25) is 0 Å². The Morgan fingerprint density at radius 1 is 1.30 bits per heavy atom. The molecule has 3 heterocycles. The molecule has 3 aromatic rings. The van der Waals surface area contributed by atoms with Gasteiger partial charge in [-0.1, -0.05) is 18.2 Å². The van der Waals surface area contributed by atoms with Crippen LogP contribution in [0.1, 0.15) is 34.5 Å². The van der Waals surface area contributed by atoms with E-state index < -0.39 is 11.7 Å². The van der Waals surface area contributed by atoms with Crippen molar-refractivity contribution in [2.75, 3.05) is 20.0 Å². The molecule has 0 N–H and O–H groups in total. The molecule has 2 aliphatic rings. The summed E-state index contributed by atoms with van der Waals surface area (Å²) in [5.74, 6) is 0.962. The standard InChI is InChI=1S/C23H23F3N2O4S/c1-28-22(29)19-20(31-11-16-10-30-12-32-16)18(33-21(19)17(27-28)8-13-5-6-13)9-14-3-2-4-15(7-14)23(24,25)26/h2-4,7,13,16H,5-6,8-12H2,1H3. The molecule has 0 spiro atoms. The number of hydrogen-bond donors (Lipinski definition) is 0. The molecule has 1 aliphatic heterocycles. The molecule has 176 valence electrons. The number of benzene rings is 1. The number of rotatable bonds is 7. The zero-order valence-corrected chi connectivity index (χ0v) is 18.8. The average molecular weight is 481 g/mol. The molecule has 10 heteroatoms. The third kappa shape index (κ3) is 4.78. The van der Waals surface area contributed by atoms with Gasteiger partial charge in [0.2, 0.25) is 0 Å². The summed E-state index contributed by atoms with van der Waals surface area (Å²) < 4.78 is 58.5. The van der Waals surface area contributed by atoms with Crippen LogP contribution in [0, 0.1) is 5.92 Å². The van der Waals surface area contributed by atoms with Crippen LogP contribution in [-0.4, -0.2) is 35.9 Å². The van der Waals surface area contributed by atoms with E-state index >= 15 is 0 Å². The summed E-state index contributed by atoms with van der Waals surface area (Å²) in [6, 6.07) is 5.24. The second-order valence-corrected chi connectivity index (χ2v) is 9.65. The molecule has 1 saturated heterocycles. The third-order valence-electron chi connectivity index (χ3n) is 5.88. The van der Waals surface area contributed by atoms with Crippen LogP contribution < -0.4 is 10.3 Å². The number of aromatic nitrogens is 2. The van der Waals surface area contributed by atoms with Gasteiger partial charge in [-0.3, -0.25) is 4.79 Å². The smallest absolute Gasteiger partial charge is 0.416 e. The second kappa shape index (κ2) is 8.73. The van der Waals surface area contributed by atoms with Crippen molar-refractivity contribution in [3.05, 3.63) is 56.3 Å². The van der Waals surface area contributed by atoms with E-state index in [1.54, 1.807) is 13.1 Å². The molecule has 5 rings (SSSR count). The van der Waals surface area contributed by atoms with Gasteiger partial charge in [-0.05, 0) is 36.8 Å². The van der Waals surface area contributed by atoms with Crippen LogP contribution in [0.15, 0.2) is 29.1 Å². The molecule has 33 heavy (non-hydrogen) atoms. The highest BCUT2D eigenvalue weighted by molar-refractivity contribution is 7.19. The Kier molecular flexibility index (Phi) is 5.92. The normalized spacial score (nSPS) is 18.8. The molecule has 1 saturated carbocycles. The Balaban J connectivity index is 1.57. The fourth-order valence-electron chi connectivity index (χ4n) is 3.98. The molecule has 1 aromatic carbocycles. The van der Waals surface area contributed by atoms with Crippen molar-refractivity contribution in [3.8, 4) is 5.75 Å². The van der Waals surface area contributed by atoms with Crippen molar-refractivity contribution < 1.29 is 27.4 Å². The molecule has 6 nitrogen and oxygen atoms in total. The summed E-state index contributed by atoms with van der Waals surface area (Å²) in [7, 11) is 1.61. The van der Waals surface area contributed by atoms with Gasteiger partial charge in [0.05, 0.1) is 27.4 Å². The minimum atomic E-state index is -4.42. The summed E-state index contributed by atoms with van der Waals surface area (Å²) in [5.41, 5.74) is 0.345. The van der Waals surface area contributed by atoms with Gasteiger partial charge in [-0.25, -0.2) is 4.68 Å². The number of thiophene rings is 1. The number of fused-ring (bicyclic) bond motifs is 1. The molecular weight excluding hydrogens is 457 g/mol. The highest BCUT2D eigenvalue weighted by atomic mass is 32.1. The maximum atomic E-state index is 13.2. The number of nitrogens with zero attached hydrogens (tertiary/aromatic N) is 2. The van der Waals surface area contributed by atoms with Gasteiger partial charge in [0, 0.05) is 13.5 Å². The lowest BCUT2D eigenvalue weighted by Gasteiger charge is -2.12. The first-order chi connectivity index (χ1) is 15.8. The van der Waals surface area contributed by atoms with Crippen LogP contribution in [-0.2, 0) is 35.5 Å². The lowest BCUT2D eigenvalue weighted by Crippen LogP contribution is -2.23. The van der Waals surface area contributed by atoms with E-state index in [0.29, 0.717) is 34.1 Å². The van der Waals surface area contributed by atoms with Crippen molar-refractivity contribution in [2.45, 2.75) is 38.0 Å². The topological polar surface area (TPSA) is 62.6 Å². The summed E-state index contributed by atoms with van der Waals surface area (Å²) in [5, 5.41) is 4.93. The Morgan fingerprint density at radius 3 is 2.82 bits per heavy atom. The number of alkyl halides is 3. The monoisotopic (exact) mass is 480 g/mol. The van der Waals surface area contributed by atoms with E-state index in [-0.39, 0.29) is 31.5 Å². The first kappa shape index (κ1) is 22.4. The SMILES string of the molecule is Cn1nc(CC2CC2)c2sc(Cc3cccc(C(F)(F)F)c3)c(OCC3COCO3)c2c1=O. The summed E-state index contributed by atoms with van der Waals surface area (Å²) in [4.78, 5) is 13.8. The molecule has 2 aromatic heterocycles. The quantitative estimate of drug-likeness (QED) is 0.505. The molecule has 1 aliphatic carbocycles. The van der Waals surface area contributed by atoms with E-state index in [2.05, 4.69) is 5.10 Å². The van der Waals surface area contributed by atoms with Crippen molar-refractivity contribution in [1.82, 2.24) is 9.78 Å². The Hall–Kier alpha value is -2.43. The van der Waals surface area contributed by atoms with Gasteiger partial charge < -0.3 is 14.2 Å². The lowest BCUT2D eigenvalue weighted by atomic mass is 10.1. The van der Waals surface area contributed by atoms with Crippen LogP contribution >= 0.6 is 11.3 Å². The Morgan fingerprint density at radius 2 is 2.12 bits per heavy atom. The molecule has 0 bridgehead atoms. The molecule has 1 atom stereocenters. The van der Waals surface area contributed by atoms with Crippen molar-refractivity contribution in [1.29, 1.82) is 0 Å². The minimum absolute atomic E-state index is 0.185. The van der Waals surface area contributed by atoms with Crippen LogP contribution in [0.25, 0.3) is 10.1 Å². The Labute approximate surface area is 191 Å². The summed E-state index contributed by atoms with van der Waals surface area (Å²) in [6.07, 6.45) is -1.43. The molecule has 1 unspecified atom stereocenters. The summed E-state index contributed by atoms with van der Waals surface area (Å²) >= 11 is 1.38. The molecule has 2 fully saturated rings. The fourth-order valence-corrected chi connectivity index (χ4v) is 5.24. The highest BCUT2D eigenvalue weighted by Crippen LogP contribution is 2.41. The van der Waals surface area contributed by atoms with Crippen LogP contribution in [0.3, 0.4) is 0 Å². The van der Waals surface area contributed by atoms with Gasteiger partial charge in [0.25, 0.3) is 5.56 Å². The van der Waals surface area contributed by atoms with Crippen LogP contribution in [0.4, 0.5) is 13.2 Å². The van der Waals surface area contributed by atoms with Gasteiger partial charge in [-0.15, -0.1) is 11.3 Å². The van der Waals surface area contributed by atoms with Crippen LogP contribution in [0.5, 0.6) is 5.75 Å². The lowest BCUT2D eigenvalue weighted by molar-refractivity contribution is -0.137. The van der Waals surface area contributed by atoms with E-state index in [1.165, 1.54) is 22.1 Å². The van der Waals surface area contributed by atoms with Crippen molar-refractivity contribution in [2.24, 2.45) is 13.0 Å². The van der Waals surface area contributed by atoms with Crippen molar-refractivity contribution in [3.63, 3.8) is 0 Å². The minimum Gasteiger partial charge on any atom is -0.489 e. The van der Waals surface area contributed by atoms with E-state index in [9.17, 15) is 18.0 Å². The Bertz CT molecular complexity index is 1230. The third-order valence-corrected chi connectivity index (χ3v) is 7.10. The zero-order valence-electron chi connectivity index (χ0n) is 18.0. The van der Waals surface area contributed by atoms with Crippen molar-refractivity contribution >= 4 is 21.4 Å². The number of halogens is 3. The first-order valence-electron chi connectivity index (χ1n) is 10.8. The molecule has 0 amide bonds. The number of hydrogen-bond acceptors (Lipinski definition) is 6. The number of ether oxygens (including phenoxy) is 3. The van der Waals surface area contributed by atoms with Gasteiger partial charge in [0.15, 0.2) is 0 Å². The van der Waals surface area contributed by atoms with Gasteiger partial charge in [-0.2, -0.15) is 18.3 Å². The van der Waals surface area contributed by atoms with E-state index in [1.807, 2.05) is 0 Å². The second-order valence-electron chi connectivity index (χ2n) is 8.54. The van der Waals surface area contributed by atoms with Gasteiger partial charge >= 0.3 is 6.18 Å². The number of aryl methyl sites for hydroxylation is 1. The fraction of sp³-hybridized carbons (Fsp3) is 0.478. The predicted molar refractivity (Wildman–Crippen MR) is 117 cm³/mol. The molecule has 0 radical (unpaired) electrons. The van der Waals surface area contributed by atoms with E-state index in [4.69, 9.17) is 14.2 Å². The summed E-state index contributed by atoms with van der Waals surface area (Å²) in [6.45, 7) is 0.759.